The third-order valence-electron chi connectivity index (χ3n) is 3.36. The molecule has 0 saturated carbocycles. The molecule has 0 bridgehead atoms. The summed E-state index contributed by atoms with van der Waals surface area (Å²) in [6, 6.07) is 0.0710. The third kappa shape index (κ3) is 5.61. The van der Waals surface area contributed by atoms with Crippen LogP contribution in [0.5, 0.6) is 0 Å². The van der Waals surface area contributed by atoms with Gasteiger partial charge in [0, 0.05) is 6.54 Å². The molecule has 0 rings (SSSR count). The summed E-state index contributed by atoms with van der Waals surface area (Å²) < 4.78 is 0. The molecule has 0 spiro atoms. The first-order valence-electron chi connectivity index (χ1n) is 6.53. The summed E-state index contributed by atoms with van der Waals surface area (Å²) in [6.45, 7) is 15.5. The zero-order valence-electron chi connectivity index (χ0n) is 11.6. The van der Waals surface area contributed by atoms with E-state index < -0.39 is 0 Å². The van der Waals surface area contributed by atoms with Crippen molar-refractivity contribution >= 4 is 5.78 Å². The quantitative estimate of drug-likeness (QED) is 0.603. The summed E-state index contributed by atoms with van der Waals surface area (Å²) in [5.74, 6) is 0.268. The predicted molar refractivity (Wildman–Crippen MR) is 69.8 cm³/mol. The number of nitrogens with zero attached hydrogens (tertiary/aromatic N) is 2. The van der Waals surface area contributed by atoms with Gasteiger partial charge in [0.2, 0.25) is 0 Å². The van der Waals surface area contributed by atoms with Crippen LogP contribution < -0.4 is 0 Å². The summed E-state index contributed by atoms with van der Waals surface area (Å²) in [6.07, 6.45) is 1.15. The summed E-state index contributed by atoms with van der Waals surface area (Å²) in [5, 5.41) is 0. The highest BCUT2D eigenvalue weighted by Crippen LogP contribution is 2.02. The molecule has 0 aromatic carbocycles. The van der Waals surface area contributed by atoms with E-state index in [0.29, 0.717) is 0 Å². The maximum atomic E-state index is 11.3. The van der Waals surface area contributed by atoms with Crippen molar-refractivity contribution in [1.29, 1.82) is 0 Å². The first-order valence-corrected chi connectivity index (χ1v) is 6.53. The van der Waals surface area contributed by atoms with Gasteiger partial charge in [-0.15, -0.1) is 0 Å². The lowest BCUT2D eigenvalue weighted by Crippen LogP contribution is -2.39. The van der Waals surface area contributed by atoms with Gasteiger partial charge < -0.3 is 4.90 Å². The van der Waals surface area contributed by atoms with Crippen LogP contribution in [0.25, 0.3) is 0 Å². The first-order chi connectivity index (χ1) is 7.56. The molecule has 0 aliphatic carbocycles. The van der Waals surface area contributed by atoms with Crippen LogP contribution in [-0.2, 0) is 4.79 Å². The van der Waals surface area contributed by atoms with Gasteiger partial charge in [0.25, 0.3) is 0 Å². The fourth-order valence-electron chi connectivity index (χ4n) is 1.92. The highest BCUT2D eigenvalue weighted by molar-refractivity contribution is 5.80. The van der Waals surface area contributed by atoms with Crippen LogP contribution in [-0.4, -0.2) is 54.3 Å². The van der Waals surface area contributed by atoms with E-state index in [-0.39, 0.29) is 11.8 Å². The molecule has 1 atom stereocenters. The van der Waals surface area contributed by atoms with Gasteiger partial charge in [0.05, 0.1) is 6.04 Å². The predicted octanol–water partition coefficient (Wildman–Crippen LogP) is 2.02. The monoisotopic (exact) mass is 228 g/mol. The Morgan fingerprint density at radius 3 is 2.00 bits per heavy atom. The molecular weight excluding hydrogens is 200 g/mol. The Morgan fingerprint density at radius 1 is 1.06 bits per heavy atom. The summed E-state index contributed by atoms with van der Waals surface area (Å²) in [7, 11) is 0. The van der Waals surface area contributed by atoms with E-state index in [1.807, 2.05) is 6.92 Å². The molecule has 0 radical (unpaired) electrons. The normalized spacial score (nSPS) is 13.4. The molecule has 1 unspecified atom stereocenters. The van der Waals surface area contributed by atoms with Crippen molar-refractivity contribution in [1.82, 2.24) is 9.80 Å². The molecule has 0 amide bonds. The fraction of sp³-hybridized carbons (Fsp3) is 0.923. The topological polar surface area (TPSA) is 23.6 Å². The molecule has 0 aliphatic rings. The highest BCUT2D eigenvalue weighted by Gasteiger charge is 2.15. The van der Waals surface area contributed by atoms with Gasteiger partial charge in [-0.1, -0.05) is 20.8 Å². The van der Waals surface area contributed by atoms with Crippen molar-refractivity contribution < 1.29 is 4.79 Å². The largest absolute Gasteiger partial charge is 0.304 e. The second-order valence-corrected chi connectivity index (χ2v) is 4.30. The number of rotatable bonds is 9. The Labute approximate surface area is 101 Å². The third-order valence-corrected chi connectivity index (χ3v) is 3.36. The van der Waals surface area contributed by atoms with Crippen LogP contribution in [0.1, 0.15) is 41.0 Å². The number of ketones is 1. The van der Waals surface area contributed by atoms with E-state index >= 15 is 0 Å². The lowest BCUT2D eigenvalue weighted by molar-refractivity contribution is -0.121. The molecule has 0 fully saturated rings. The maximum absolute atomic E-state index is 11.3. The molecular formula is C13H28N2O. The fourth-order valence-corrected chi connectivity index (χ4v) is 1.92. The van der Waals surface area contributed by atoms with Crippen molar-refractivity contribution in [2.24, 2.45) is 0 Å². The van der Waals surface area contributed by atoms with E-state index in [0.717, 1.165) is 39.1 Å². The van der Waals surface area contributed by atoms with E-state index in [2.05, 4.69) is 30.6 Å². The summed E-state index contributed by atoms with van der Waals surface area (Å²) in [4.78, 5) is 16.0. The molecule has 0 aromatic rings. The Balaban J connectivity index is 3.91. The number of likely N-dealkylation sites (N-methyl/N-ethyl adjacent to an activating group) is 1. The van der Waals surface area contributed by atoms with Crippen LogP contribution >= 0.6 is 0 Å². The Morgan fingerprint density at radius 2 is 1.62 bits per heavy atom. The van der Waals surface area contributed by atoms with Gasteiger partial charge in [0.15, 0.2) is 0 Å². The second kappa shape index (κ2) is 8.71. The van der Waals surface area contributed by atoms with Crippen molar-refractivity contribution in [3.05, 3.63) is 0 Å². The molecule has 0 aliphatic heterocycles. The minimum Gasteiger partial charge on any atom is -0.304 e. The summed E-state index contributed by atoms with van der Waals surface area (Å²) in [5.41, 5.74) is 0. The highest BCUT2D eigenvalue weighted by atomic mass is 16.1. The Kier molecular flexibility index (Phi) is 8.49. The zero-order chi connectivity index (χ0) is 12.6. The molecule has 3 nitrogen and oxygen atoms in total. The molecule has 0 saturated heterocycles. The Hall–Kier alpha value is -0.410. The number of hydrogen-bond acceptors (Lipinski definition) is 3. The van der Waals surface area contributed by atoms with Gasteiger partial charge in [-0.2, -0.15) is 0 Å². The lowest BCUT2D eigenvalue weighted by atomic mass is 10.2. The average Bonchev–Trinajstić information content (AvgIpc) is 2.28. The smallest absolute Gasteiger partial charge is 0.146 e. The molecule has 16 heavy (non-hydrogen) atoms. The molecule has 0 aromatic heterocycles. The average molecular weight is 228 g/mol. The molecule has 96 valence electrons. The number of Topliss-reactive ketones (excluding diaryl/α,β-unsaturated/α-hetero) is 1. The maximum Gasteiger partial charge on any atom is 0.146 e. The van der Waals surface area contributed by atoms with E-state index in [1.165, 1.54) is 0 Å². The van der Waals surface area contributed by atoms with Crippen molar-refractivity contribution in [2.45, 2.75) is 47.1 Å². The van der Waals surface area contributed by atoms with Crippen LogP contribution in [0.2, 0.25) is 0 Å². The minimum atomic E-state index is 0.0710. The van der Waals surface area contributed by atoms with E-state index in [4.69, 9.17) is 0 Å². The van der Waals surface area contributed by atoms with Crippen LogP contribution in [0, 0.1) is 0 Å². The summed E-state index contributed by atoms with van der Waals surface area (Å²) >= 11 is 0. The number of carbonyl (C=O) groups is 1. The Bertz CT molecular complexity index is 190. The van der Waals surface area contributed by atoms with Crippen LogP contribution in [0.3, 0.4) is 0 Å². The molecule has 3 heteroatoms. The van der Waals surface area contributed by atoms with Crippen molar-refractivity contribution in [3.63, 3.8) is 0 Å². The van der Waals surface area contributed by atoms with Crippen LogP contribution in [0.4, 0.5) is 0 Å². The van der Waals surface area contributed by atoms with Crippen molar-refractivity contribution in [2.75, 3.05) is 32.7 Å². The minimum absolute atomic E-state index is 0.0710. The lowest BCUT2D eigenvalue weighted by Gasteiger charge is -2.27. The first kappa shape index (κ1) is 15.6. The standard InChI is InChI=1S/C13H28N2O/c1-6-14(7-2)10-9-11-15(8-3)12(4)13(5)16/h12H,6-11H2,1-5H3. The van der Waals surface area contributed by atoms with Gasteiger partial charge in [-0.05, 0) is 46.4 Å². The van der Waals surface area contributed by atoms with Crippen molar-refractivity contribution in [3.8, 4) is 0 Å². The number of hydrogen-bond donors (Lipinski definition) is 0. The van der Waals surface area contributed by atoms with E-state index in [1.54, 1.807) is 6.92 Å². The van der Waals surface area contributed by atoms with Gasteiger partial charge in [-0.3, -0.25) is 9.69 Å². The zero-order valence-corrected chi connectivity index (χ0v) is 11.6. The molecule has 0 heterocycles. The molecule has 0 N–H and O–H groups in total. The number of carbonyl (C=O) groups excluding carboxylic acids is 1. The van der Waals surface area contributed by atoms with Gasteiger partial charge in [-0.25, -0.2) is 0 Å². The van der Waals surface area contributed by atoms with E-state index in [9.17, 15) is 4.79 Å². The second-order valence-electron chi connectivity index (χ2n) is 4.30. The van der Waals surface area contributed by atoms with Gasteiger partial charge >= 0.3 is 0 Å². The SMILES string of the molecule is CCN(CC)CCCN(CC)C(C)C(C)=O. The van der Waals surface area contributed by atoms with Crippen LogP contribution in [0.15, 0.2) is 0 Å². The van der Waals surface area contributed by atoms with Gasteiger partial charge in [0.1, 0.15) is 5.78 Å².